The van der Waals surface area contributed by atoms with Crippen LogP contribution in [0.5, 0.6) is 0 Å². The van der Waals surface area contributed by atoms with Crippen molar-refractivity contribution in [3.05, 3.63) is 99.6 Å². The van der Waals surface area contributed by atoms with Crippen molar-refractivity contribution in [2.24, 2.45) is 0 Å². The molecule has 1 heterocycles. The molecule has 5 heteroatoms. The van der Waals surface area contributed by atoms with Gasteiger partial charge in [0.25, 0.3) is 0 Å². The van der Waals surface area contributed by atoms with E-state index in [0.29, 0.717) is 18.7 Å². The highest BCUT2D eigenvalue weighted by Crippen LogP contribution is 2.21. The van der Waals surface area contributed by atoms with E-state index in [4.69, 9.17) is 5.41 Å². The van der Waals surface area contributed by atoms with Crippen LogP contribution in [0.1, 0.15) is 22.8 Å². The van der Waals surface area contributed by atoms with Gasteiger partial charge in [-0.25, -0.2) is 0 Å². The summed E-state index contributed by atoms with van der Waals surface area (Å²) in [6, 6.07) is 24.0. The van der Waals surface area contributed by atoms with Gasteiger partial charge in [0.2, 0.25) is 5.62 Å². The van der Waals surface area contributed by atoms with Crippen LogP contribution in [0.4, 0.5) is 0 Å². The number of hydrogen-bond acceptors (Lipinski definition) is 2. The molecule has 0 saturated heterocycles. The number of aliphatic hydroxyl groups is 1. The summed E-state index contributed by atoms with van der Waals surface area (Å²) < 4.78 is 4.86. The number of fused-ring (bicyclic) bond motifs is 1. The largest absolute Gasteiger partial charge is 0.387 e. The Balaban J connectivity index is 1.72. The fourth-order valence-corrected chi connectivity index (χ4v) is 3.74. The van der Waals surface area contributed by atoms with Gasteiger partial charge in [0.15, 0.2) is 0 Å². The summed E-state index contributed by atoms with van der Waals surface area (Å²) in [5.41, 5.74) is 5.55. The molecule has 0 saturated carbocycles. The number of nitrogens with zero attached hydrogens (tertiary/aromatic N) is 2. The van der Waals surface area contributed by atoms with Crippen molar-refractivity contribution in [2.45, 2.75) is 26.1 Å². The third kappa shape index (κ3) is 3.68. The van der Waals surface area contributed by atoms with Crippen LogP contribution in [0.25, 0.3) is 11.0 Å². The number of halogens is 1. The van der Waals surface area contributed by atoms with Crippen molar-refractivity contribution in [3.8, 4) is 0 Å². The third-order valence-corrected chi connectivity index (χ3v) is 5.57. The minimum atomic E-state index is -0.680. The number of benzene rings is 3. The normalized spacial score (nSPS) is 12.4. The predicted molar refractivity (Wildman–Crippen MR) is 115 cm³/mol. The average Bonchev–Trinajstić information content (AvgIpc) is 2.96. The van der Waals surface area contributed by atoms with E-state index in [-0.39, 0.29) is 0 Å². The fourth-order valence-electron chi connectivity index (χ4n) is 3.48. The molecule has 1 atom stereocenters. The first-order valence-electron chi connectivity index (χ1n) is 9.24. The van der Waals surface area contributed by atoms with Gasteiger partial charge in [0.1, 0.15) is 0 Å². The Bertz CT molecular complexity index is 1160. The molecule has 0 bridgehead atoms. The molecule has 142 valence electrons. The van der Waals surface area contributed by atoms with E-state index in [0.717, 1.165) is 26.6 Å². The maximum Gasteiger partial charge on any atom is 0.203 e. The third-order valence-electron chi connectivity index (χ3n) is 5.05. The molecule has 2 N–H and O–H groups in total. The Labute approximate surface area is 172 Å². The van der Waals surface area contributed by atoms with Gasteiger partial charge in [-0.3, -0.25) is 5.41 Å². The van der Waals surface area contributed by atoms with Crippen LogP contribution in [-0.2, 0) is 13.1 Å². The second-order valence-corrected chi connectivity index (χ2v) is 7.98. The molecule has 4 rings (SSSR count). The van der Waals surface area contributed by atoms with Crippen molar-refractivity contribution < 1.29 is 5.11 Å². The van der Waals surface area contributed by atoms with Gasteiger partial charge >= 0.3 is 0 Å². The quantitative estimate of drug-likeness (QED) is 0.465. The number of aromatic nitrogens is 2. The molecule has 0 aliphatic rings. The molecule has 0 amide bonds. The van der Waals surface area contributed by atoms with Gasteiger partial charge in [-0.05, 0) is 42.3 Å². The number of nitrogens with one attached hydrogen (secondary N) is 1. The lowest BCUT2D eigenvalue weighted by molar-refractivity contribution is 0.155. The standard InChI is InChI=1S/C23H22BrN3O/c1-16-6-8-17(9-7-16)14-26-20-4-2-3-5-21(20)27(23(26)25)15-22(28)18-10-12-19(24)13-11-18/h2-13,22,25,28H,14-15H2,1H3. The van der Waals surface area contributed by atoms with Crippen LogP contribution in [0, 0.1) is 12.3 Å². The van der Waals surface area contributed by atoms with Gasteiger partial charge in [-0.2, -0.15) is 0 Å². The molecule has 0 aliphatic carbocycles. The van der Waals surface area contributed by atoms with E-state index in [1.807, 2.05) is 57.7 Å². The molecule has 1 unspecified atom stereocenters. The highest BCUT2D eigenvalue weighted by Gasteiger charge is 2.15. The fraction of sp³-hybridized carbons (Fsp3) is 0.174. The summed E-state index contributed by atoms with van der Waals surface area (Å²) in [6.07, 6.45) is -0.680. The van der Waals surface area contributed by atoms with Crippen LogP contribution < -0.4 is 5.62 Å². The zero-order valence-electron chi connectivity index (χ0n) is 15.6. The first-order valence-corrected chi connectivity index (χ1v) is 10.0. The zero-order valence-corrected chi connectivity index (χ0v) is 17.2. The molecule has 3 aromatic carbocycles. The Kier molecular flexibility index (Phi) is 5.20. The summed E-state index contributed by atoms with van der Waals surface area (Å²) in [6.45, 7) is 3.03. The van der Waals surface area contributed by atoms with Crippen molar-refractivity contribution >= 4 is 27.0 Å². The van der Waals surface area contributed by atoms with Crippen molar-refractivity contribution in [1.82, 2.24) is 9.13 Å². The van der Waals surface area contributed by atoms with E-state index in [1.54, 1.807) is 0 Å². The summed E-state index contributed by atoms with van der Waals surface area (Å²) in [5.74, 6) is 0. The summed E-state index contributed by atoms with van der Waals surface area (Å²) >= 11 is 3.42. The van der Waals surface area contributed by atoms with Crippen molar-refractivity contribution in [2.75, 3.05) is 0 Å². The first kappa shape index (κ1) is 18.7. The number of hydrogen-bond donors (Lipinski definition) is 2. The molecule has 28 heavy (non-hydrogen) atoms. The SMILES string of the molecule is Cc1ccc(Cn2c(=N)n(CC(O)c3ccc(Br)cc3)c3ccccc32)cc1. The maximum absolute atomic E-state index is 10.7. The van der Waals surface area contributed by atoms with Gasteiger partial charge < -0.3 is 14.2 Å². The van der Waals surface area contributed by atoms with Gasteiger partial charge in [0.05, 0.1) is 30.2 Å². The lowest BCUT2D eigenvalue weighted by atomic mass is 10.1. The summed E-state index contributed by atoms with van der Waals surface area (Å²) in [5, 5.41) is 19.5. The lowest BCUT2D eigenvalue weighted by Gasteiger charge is -2.13. The molecular formula is C23H22BrN3O. The van der Waals surface area contributed by atoms with E-state index in [1.165, 1.54) is 5.56 Å². The minimum absolute atomic E-state index is 0.335. The minimum Gasteiger partial charge on any atom is -0.387 e. The van der Waals surface area contributed by atoms with Gasteiger partial charge in [-0.15, -0.1) is 0 Å². The Morgan fingerprint density at radius 3 is 2.14 bits per heavy atom. The first-order chi connectivity index (χ1) is 13.5. The zero-order chi connectivity index (χ0) is 19.7. The molecular weight excluding hydrogens is 414 g/mol. The van der Waals surface area contributed by atoms with E-state index in [9.17, 15) is 5.11 Å². The lowest BCUT2D eigenvalue weighted by Crippen LogP contribution is -2.27. The summed E-state index contributed by atoms with van der Waals surface area (Å²) in [4.78, 5) is 0. The molecule has 0 spiro atoms. The van der Waals surface area contributed by atoms with Crippen LogP contribution in [0.15, 0.2) is 77.3 Å². The van der Waals surface area contributed by atoms with Crippen LogP contribution in [-0.4, -0.2) is 14.2 Å². The van der Waals surface area contributed by atoms with E-state index >= 15 is 0 Å². The number of aryl methyl sites for hydroxylation is 1. The Morgan fingerprint density at radius 2 is 1.50 bits per heavy atom. The smallest absolute Gasteiger partial charge is 0.203 e. The number of para-hydroxylation sites is 2. The topological polar surface area (TPSA) is 53.9 Å². The molecule has 4 nitrogen and oxygen atoms in total. The van der Waals surface area contributed by atoms with Crippen LogP contribution in [0.2, 0.25) is 0 Å². The van der Waals surface area contributed by atoms with Crippen LogP contribution >= 0.6 is 15.9 Å². The second-order valence-electron chi connectivity index (χ2n) is 7.06. The molecule has 0 radical (unpaired) electrons. The van der Waals surface area contributed by atoms with Crippen LogP contribution in [0.3, 0.4) is 0 Å². The molecule has 4 aromatic rings. The Morgan fingerprint density at radius 1 is 0.893 bits per heavy atom. The highest BCUT2D eigenvalue weighted by atomic mass is 79.9. The van der Waals surface area contributed by atoms with E-state index < -0.39 is 6.10 Å². The van der Waals surface area contributed by atoms with E-state index in [2.05, 4.69) is 47.1 Å². The molecule has 1 aromatic heterocycles. The highest BCUT2D eigenvalue weighted by molar-refractivity contribution is 9.10. The van der Waals surface area contributed by atoms with Crippen molar-refractivity contribution in [1.29, 1.82) is 5.41 Å². The predicted octanol–water partition coefficient (Wildman–Crippen LogP) is 4.78. The van der Waals surface area contributed by atoms with Crippen molar-refractivity contribution in [3.63, 3.8) is 0 Å². The van der Waals surface area contributed by atoms with Gasteiger partial charge in [0, 0.05) is 4.47 Å². The summed E-state index contributed by atoms with van der Waals surface area (Å²) in [7, 11) is 0. The number of aliphatic hydroxyl groups excluding tert-OH is 1. The monoisotopic (exact) mass is 435 g/mol. The number of rotatable bonds is 5. The maximum atomic E-state index is 10.7. The molecule has 0 fully saturated rings. The number of imidazole rings is 1. The second kappa shape index (κ2) is 7.78. The van der Waals surface area contributed by atoms with Gasteiger partial charge in [-0.1, -0.05) is 70.0 Å². The Hall–Kier alpha value is -2.63. The molecule has 0 aliphatic heterocycles. The average molecular weight is 436 g/mol.